The quantitative estimate of drug-likeness (QED) is 0.884. The van der Waals surface area contributed by atoms with Gasteiger partial charge in [0.2, 0.25) is 0 Å². The number of sulfone groups is 1. The first-order valence-corrected chi connectivity index (χ1v) is 8.04. The molecule has 1 saturated heterocycles. The average molecular weight is 267 g/mol. The number of hydrogen-bond acceptors (Lipinski definition) is 4. The van der Waals surface area contributed by atoms with Crippen LogP contribution in [0.25, 0.3) is 0 Å². The molecule has 0 unspecified atom stereocenters. The number of ether oxygens (including phenoxy) is 1. The molecule has 1 aromatic carbocycles. The molecule has 2 aliphatic heterocycles. The zero-order chi connectivity index (χ0) is 12.8. The zero-order valence-electron chi connectivity index (χ0n) is 10.4. The molecule has 1 fully saturated rings. The van der Waals surface area contributed by atoms with E-state index in [2.05, 4.69) is 5.32 Å². The first kappa shape index (κ1) is 11.8. The molecule has 2 heterocycles. The van der Waals surface area contributed by atoms with Crippen LogP contribution in [0.3, 0.4) is 0 Å². The molecule has 1 N–H and O–H groups in total. The van der Waals surface area contributed by atoms with Crippen LogP contribution in [0.4, 0.5) is 5.69 Å². The van der Waals surface area contributed by atoms with Crippen LogP contribution in [0.5, 0.6) is 5.75 Å². The molecule has 3 rings (SSSR count). The molecular weight excluding hydrogens is 250 g/mol. The molecule has 0 radical (unpaired) electrons. The highest BCUT2D eigenvalue weighted by Gasteiger charge is 2.47. The highest BCUT2D eigenvalue weighted by molar-refractivity contribution is 7.93. The van der Waals surface area contributed by atoms with Crippen molar-refractivity contribution in [1.82, 2.24) is 0 Å². The Labute approximate surface area is 107 Å². The Kier molecular flexibility index (Phi) is 2.55. The Morgan fingerprint density at radius 1 is 1.33 bits per heavy atom. The number of nitrogens with one attached hydrogen (secondary N) is 1. The molecule has 4 nitrogen and oxygen atoms in total. The Morgan fingerprint density at radius 3 is 2.83 bits per heavy atom. The van der Waals surface area contributed by atoms with Gasteiger partial charge in [0, 0.05) is 12.2 Å². The second-order valence-electron chi connectivity index (χ2n) is 5.43. The lowest BCUT2D eigenvalue weighted by Crippen LogP contribution is -2.56. The maximum Gasteiger partial charge on any atom is 0.158 e. The van der Waals surface area contributed by atoms with Crippen molar-refractivity contribution in [2.75, 3.05) is 23.4 Å². The topological polar surface area (TPSA) is 55.4 Å². The van der Waals surface area contributed by atoms with Gasteiger partial charge >= 0.3 is 0 Å². The summed E-state index contributed by atoms with van der Waals surface area (Å²) < 4.78 is 28.3. The van der Waals surface area contributed by atoms with Crippen LogP contribution in [-0.2, 0) is 16.3 Å². The third-order valence-corrected chi connectivity index (χ3v) is 5.53. The summed E-state index contributed by atoms with van der Waals surface area (Å²) in [4.78, 5) is 0. The number of aryl methyl sites for hydroxylation is 1. The predicted octanol–water partition coefficient (Wildman–Crippen LogP) is 1.61. The monoisotopic (exact) mass is 267 g/mol. The molecular formula is C13H17NO3S. The van der Waals surface area contributed by atoms with Gasteiger partial charge in [0.25, 0.3) is 0 Å². The first-order chi connectivity index (χ1) is 8.46. The molecule has 0 amide bonds. The Morgan fingerprint density at radius 2 is 2.11 bits per heavy atom. The number of rotatable bonds is 2. The van der Waals surface area contributed by atoms with Crippen LogP contribution in [-0.4, -0.2) is 32.1 Å². The van der Waals surface area contributed by atoms with Crippen LogP contribution < -0.4 is 10.1 Å². The Hall–Kier alpha value is -1.23. The van der Waals surface area contributed by atoms with Crippen molar-refractivity contribution in [3.8, 4) is 5.75 Å². The lowest BCUT2D eigenvalue weighted by molar-refractivity contribution is 0.120. The van der Waals surface area contributed by atoms with Crippen LogP contribution in [0.1, 0.15) is 18.9 Å². The number of hydrogen-bond donors (Lipinski definition) is 1. The van der Waals surface area contributed by atoms with E-state index in [1.807, 2.05) is 25.1 Å². The number of anilines is 1. The maximum atomic E-state index is 11.2. The first-order valence-electron chi connectivity index (χ1n) is 6.22. The predicted molar refractivity (Wildman–Crippen MR) is 70.9 cm³/mol. The highest BCUT2D eigenvalue weighted by Crippen LogP contribution is 2.32. The van der Waals surface area contributed by atoms with Gasteiger partial charge in [0.1, 0.15) is 11.4 Å². The van der Waals surface area contributed by atoms with Crippen molar-refractivity contribution >= 4 is 15.5 Å². The van der Waals surface area contributed by atoms with E-state index >= 15 is 0 Å². The molecule has 18 heavy (non-hydrogen) atoms. The Bertz CT molecular complexity index is 568. The van der Waals surface area contributed by atoms with Gasteiger partial charge in [-0.15, -0.1) is 0 Å². The second-order valence-corrected chi connectivity index (χ2v) is 7.50. The van der Waals surface area contributed by atoms with Crippen molar-refractivity contribution in [2.45, 2.75) is 25.4 Å². The molecule has 0 atom stereocenters. The van der Waals surface area contributed by atoms with Crippen LogP contribution >= 0.6 is 0 Å². The van der Waals surface area contributed by atoms with Crippen molar-refractivity contribution < 1.29 is 13.2 Å². The van der Waals surface area contributed by atoms with Gasteiger partial charge in [-0.1, -0.05) is 0 Å². The SMILES string of the molecule is CC1(Oc2ccc3c(c2)CCCN3)CS(=O)(=O)C1. The van der Waals surface area contributed by atoms with E-state index in [0.717, 1.165) is 25.1 Å². The van der Waals surface area contributed by atoms with Gasteiger partial charge in [-0.05, 0) is 43.5 Å². The minimum absolute atomic E-state index is 0.120. The zero-order valence-corrected chi connectivity index (χ0v) is 11.2. The van der Waals surface area contributed by atoms with Gasteiger partial charge < -0.3 is 10.1 Å². The van der Waals surface area contributed by atoms with Crippen LogP contribution in [0, 0.1) is 0 Å². The third-order valence-electron chi connectivity index (χ3n) is 3.43. The molecule has 0 aliphatic carbocycles. The number of fused-ring (bicyclic) bond motifs is 1. The van der Waals surface area contributed by atoms with E-state index < -0.39 is 15.4 Å². The Balaban J connectivity index is 1.78. The van der Waals surface area contributed by atoms with Gasteiger partial charge in [-0.25, -0.2) is 8.42 Å². The molecule has 0 spiro atoms. The molecule has 0 bridgehead atoms. The fraction of sp³-hybridized carbons (Fsp3) is 0.538. The fourth-order valence-corrected chi connectivity index (χ4v) is 4.64. The van der Waals surface area contributed by atoms with Gasteiger partial charge in [0.05, 0.1) is 11.5 Å². The summed E-state index contributed by atoms with van der Waals surface area (Å²) in [5, 5.41) is 3.34. The van der Waals surface area contributed by atoms with Gasteiger partial charge in [-0.3, -0.25) is 0 Å². The second kappa shape index (κ2) is 3.88. The summed E-state index contributed by atoms with van der Waals surface area (Å²) in [5.41, 5.74) is 1.87. The van der Waals surface area contributed by atoms with E-state index in [-0.39, 0.29) is 11.5 Å². The van der Waals surface area contributed by atoms with E-state index in [1.165, 1.54) is 11.3 Å². The van der Waals surface area contributed by atoms with Crippen molar-refractivity contribution in [3.05, 3.63) is 23.8 Å². The molecule has 2 aliphatic rings. The molecule has 1 aromatic rings. The average Bonchev–Trinajstić information content (AvgIpc) is 2.25. The summed E-state index contributed by atoms with van der Waals surface area (Å²) in [5.74, 6) is 1.01. The van der Waals surface area contributed by atoms with Crippen LogP contribution in [0.2, 0.25) is 0 Å². The maximum absolute atomic E-state index is 11.2. The smallest absolute Gasteiger partial charge is 0.158 e. The summed E-state index contributed by atoms with van der Waals surface area (Å²) >= 11 is 0. The van der Waals surface area contributed by atoms with Crippen molar-refractivity contribution in [2.24, 2.45) is 0 Å². The van der Waals surface area contributed by atoms with E-state index in [1.54, 1.807) is 0 Å². The number of benzene rings is 1. The summed E-state index contributed by atoms with van der Waals surface area (Å²) in [6, 6.07) is 5.95. The lowest BCUT2D eigenvalue weighted by atomic mass is 10.0. The molecule has 5 heteroatoms. The summed E-state index contributed by atoms with van der Waals surface area (Å²) in [7, 11) is -2.86. The largest absolute Gasteiger partial charge is 0.485 e. The van der Waals surface area contributed by atoms with Crippen molar-refractivity contribution in [1.29, 1.82) is 0 Å². The third kappa shape index (κ3) is 2.19. The molecule has 0 aromatic heterocycles. The fourth-order valence-electron chi connectivity index (χ4n) is 2.75. The standard InChI is InChI=1S/C13H17NO3S/c1-13(8-18(15,16)9-13)17-11-4-5-12-10(7-11)3-2-6-14-12/h4-5,7,14H,2-3,6,8-9H2,1H3. The summed E-state index contributed by atoms with van der Waals surface area (Å²) in [6.45, 7) is 2.87. The minimum Gasteiger partial charge on any atom is -0.485 e. The molecule has 98 valence electrons. The normalized spacial score (nSPS) is 23.4. The van der Waals surface area contributed by atoms with E-state index in [0.29, 0.717) is 0 Å². The van der Waals surface area contributed by atoms with Gasteiger partial charge in [0.15, 0.2) is 9.84 Å². The molecule has 0 saturated carbocycles. The van der Waals surface area contributed by atoms with Crippen LogP contribution in [0.15, 0.2) is 18.2 Å². The van der Waals surface area contributed by atoms with Gasteiger partial charge in [-0.2, -0.15) is 0 Å². The van der Waals surface area contributed by atoms with E-state index in [4.69, 9.17) is 4.74 Å². The van der Waals surface area contributed by atoms with E-state index in [9.17, 15) is 8.42 Å². The minimum atomic E-state index is -2.86. The van der Waals surface area contributed by atoms with Crippen molar-refractivity contribution in [3.63, 3.8) is 0 Å². The summed E-state index contributed by atoms with van der Waals surface area (Å²) in [6.07, 6.45) is 2.18. The lowest BCUT2D eigenvalue weighted by Gasteiger charge is -2.38. The highest BCUT2D eigenvalue weighted by atomic mass is 32.2.